The molecule has 242 valence electrons. The zero-order chi connectivity index (χ0) is 33.7. The molecular weight excluding hydrogens is 608 g/mol. The molecule has 3 aliphatic rings. The third-order valence-corrected chi connectivity index (χ3v) is 8.55. The smallest absolute Gasteiger partial charge is 0.347 e. The monoisotopic (exact) mass is 638 g/mol. The van der Waals surface area contributed by atoms with Gasteiger partial charge in [-0.2, -0.15) is 5.26 Å². The molecule has 1 aliphatic heterocycles. The molecule has 6 atom stereocenters. The maximum Gasteiger partial charge on any atom is 0.347 e. The summed E-state index contributed by atoms with van der Waals surface area (Å²) in [6.45, 7) is 0.392. The van der Waals surface area contributed by atoms with E-state index < -0.39 is 107 Å². The van der Waals surface area contributed by atoms with Gasteiger partial charge in [0, 0.05) is 42.2 Å². The number of nitrogens with zero attached hydrogens (tertiary/aromatic N) is 1. The Kier molecular flexibility index (Phi) is 8.60. The van der Waals surface area contributed by atoms with Gasteiger partial charge in [-0.15, -0.1) is 0 Å². The fraction of sp³-hybridized carbons (Fsp3) is 0.387. The van der Waals surface area contributed by atoms with Crippen molar-refractivity contribution in [2.24, 2.45) is 0 Å². The third-order valence-electron chi connectivity index (χ3n) is 8.55. The lowest BCUT2D eigenvalue weighted by molar-refractivity contribution is -0.249. The molecule has 15 nitrogen and oxygen atoms in total. The van der Waals surface area contributed by atoms with Gasteiger partial charge in [-0.1, -0.05) is 12.1 Å². The zero-order valence-corrected chi connectivity index (χ0v) is 24.5. The molecule has 1 fully saturated rings. The van der Waals surface area contributed by atoms with E-state index in [1.54, 1.807) is 0 Å². The van der Waals surface area contributed by atoms with Crippen LogP contribution in [0.2, 0.25) is 0 Å². The van der Waals surface area contributed by atoms with Crippen molar-refractivity contribution >= 4 is 23.3 Å². The van der Waals surface area contributed by atoms with Crippen LogP contribution in [0.15, 0.2) is 30.0 Å². The number of ketones is 3. The second-order valence-electron chi connectivity index (χ2n) is 11.2. The van der Waals surface area contributed by atoms with Crippen LogP contribution < -0.4 is 10.1 Å². The zero-order valence-electron chi connectivity index (χ0n) is 24.5. The second-order valence-corrected chi connectivity index (χ2v) is 11.2. The SMILES string of the molecule is COc1cccc2c1C(=O)c1c(O)c3c(c(O)c1C2=O)C[C@@](O)(C(=O)CO)C[C@@H]3OC1CC(NC=C(C#N)C(=O)O)C(O)C(C)O1. The van der Waals surface area contributed by atoms with Gasteiger partial charge in [0.05, 0.1) is 42.0 Å². The molecule has 2 aromatic rings. The first-order chi connectivity index (χ1) is 21.8. The normalized spacial score (nSPS) is 27.1. The van der Waals surface area contributed by atoms with Gasteiger partial charge in [-0.05, 0) is 13.0 Å². The summed E-state index contributed by atoms with van der Waals surface area (Å²) in [4.78, 5) is 51.4. The molecule has 46 heavy (non-hydrogen) atoms. The molecule has 5 rings (SSSR count). The minimum absolute atomic E-state index is 0.0482. The average Bonchev–Trinajstić information content (AvgIpc) is 3.02. The van der Waals surface area contributed by atoms with Crippen LogP contribution in [0.25, 0.3) is 0 Å². The lowest BCUT2D eigenvalue weighted by atomic mass is 9.72. The van der Waals surface area contributed by atoms with Gasteiger partial charge in [0.25, 0.3) is 0 Å². The Morgan fingerprint density at radius 1 is 1.17 bits per heavy atom. The van der Waals surface area contributed by atoms with Crippen molar-refractivity contribution in [3.05, 3.63) is 63.4 Å². The first-order valence-electron chi connectivity index (χ1n) is 14.1. The summed E-state index contributed by atoms with van der Waals surface area (Å²) in [5, 5.41) is 75.6. The molecule has 1 saturated heterocycles. The number of fused-ring (bicyclic) bond motifs is 3. The number of carbonyl (C=O) groups is 4. The predicted molar refractivity (Wildman–Crippen MR) is 152 cm³/mol. The third kappa shape index (κ3) is 5.25. The van der Waals surface area contributed by atoms with Crippen molar-refractivity contribution in [3.8, 4) is 23.3 Å². The number of methoxy groups -OCH3 is 1. The van der Waals surface area contributed by atoms with E-state index in [1.807, 2.05) is 0 Å². The Hall–Kier alpha value is -4.85. The first-order valence-corrected chi connectivity index (χ1v) is 14.1. The van der Waals surface area contributed by atoms with Gasteiger partial charge in [-0.3, -0.25) is 14.4 Å². The van der Waals surface area contributed by atoms with Gasteiger partial charge in [0.2, 0.25) is 5.78 Å². The lowest BCUT2D eigenvalue weighted by Crippen LogP contribution is -2.53. The summed E-state index contributed by atoms with van der Waals surface area (Å²) >= 11 is 0. The molecule has 1 heterocycles. The number of nitrogens with one attached hydrogen (secondary N) is 1. The van der Waals surface area contributed by atoms with Crippen LogP contribution in [-0.4, -0.2) is 97.8 Å². The highest BCUT2D eigenvalue weighted by Gasteiger charge is 2.50. The number of nitriles is 1. The van der Waals surface area contributed by atoms with E-state index in [9.17, 15) is 44.7 Å². The molecule has 4 unspecified atom stereocenters. The summed E-state index contributed by atoms with van der Waals surface area (Å²) in [6.07, 6.45) is -5.40. The molecule has 0 spiro atoms. The number of aliphatic hydroxyl groups is 3. The van der Waals surface area contributed by atoms with Gasteiger partial charge in [0.1, 0.15) is 41.6 Å². The largest absolute Gasteiger partial charge is 0.507 e. The van der Waals surface area contributed by atoms with E-state index in [1.165, 1.54) is 38.3 Å². The molecule has 0 aromatic heterocycles. The van der Waals surface area contributed by atoms with Crippen LogP contribution in [0, 0.1) is 11.3 Å². The number of benzene rings is 2. The number of phenols is 2. The van der Waals surface area contributed by atoms with Gasteiger partial charge < -0.3 is 50.2 Å². The number of phenolic OH excluding ortho intramolecular Hbond substituents is 2. The summed E-state index contributed by atoms with van der Waals surface area (Å²) < 4.78 is 17.2. The molecule has 7 N–H and O–H groups in total. The van der Waals surface area contributed by atoms with E-state index in [0.717, 1.165) is 6.20 Å². The summed E-state index contributed by atoms with van der Waals surface area (Å²) in [5.41, 5.74) is -4.81. The Balaban J connectivity index is 1.60. The number of carboxylic acids is 1. The van der Waals surface area contributed by atoms with E-state index in [4.69, 9.17) is 24.6 Å². The van der Waals surface area contributed by atoms with Crippen molar-refractivity contribution in [1.82, 2.24) is 5.32 Å². The van der Waals surface area contributed by atoms with Crippen molar-refractivity contribution in [3.63, 3.8) is 0 Å². The number of Topliss-reactive ketones (excluding diaryl/α,β-unsaturated/α-hetero) is 1. The van der Waals surface area contributed by atoms with Crippen LogP contribution in [0.3, 0.4) is 0 Å². The van der Waals surface area contributed by atoms with Crippen LogP contribution >= 0.6 is 0 Å². The highest BCUT2D eigenvalue weighted by atomic mass is 16.7. The van der Waals surface area contributed by atoms with E-state index >= 15 is 0 Å². The number of hydrogen-bond acceptors (Lipinski definition) is 14. The molecule has 0 radical (unpaired) electrons. The maximum atomic E-state index is 13.8. The van der Waals surface area contributed by atoms with Crippen molar-refractivity contribution < 1.29 is 64.0 Å². The number of aliphatic hydroxyl groups excluding tert-OH is 2. The molecule has 0 amide bonds. The topological polar surface area (TPSA) is 253 Å². The number of hydrogen-bond donors (Lipinski definition) is 7. The van der Waals surface area contributed by atoms with Crippen LogP contribution in [0.4, 0.5) is 0 Å². The highest BCUT2D eigenvalue weighted by molar-refractivity contribution is 6.31. The van der Waals surface area contributed by atoms with Crippen molar-refractivity contribution in [1.29, 1.82) is 5.26 Å². The molecule has 15 heteroatoms. The molecular formula is C31H30N2O13. The number of ether oxygens (including phenoxy) is 3. The fourth-order valence-electron chi connectivity index (χ4n) is 6.21. The summed E-state index contributed by atoms with van der Waals surface area (Å²) in [6, 6.07) is 4.84. The second kappa shape index (κ2) is 12.2. The minimum atomic E-state index is -2.35. The van der Waals surface area contributed by atoms with Crippen LogP contribution in [0.1, 0.15) is 68.8 Å². The predicted octanol–water partition coefficient (Wildman–Crippen LogP) is 0.124. The summed E-state index contributed by atoms with van der Waals surface area (Å²) in [5.74, 6) is -5.68. The number of carbonyl (C=O) groups excluding carboxylic acids is 3. The molecule has 2 aromatic carbocycles. The van der Waals surface area contributed by atoms with Crippen LogP contribution in [0.5, 0.6) is 17.2 Å². The molecule has 0 saturated carbocycles. The number of aliphatic carboxylic acids is 1. The van der Waals surface area contributed by atoms with Crippen LogP contribution in [-0.2, 0) is 25.5 Å². The lowest BCUT2D eigenvalue weighted by Gasteiger charge is -2.42. The number of aromatic hydroxyl groups is 2. The van der Waals surface area contributed by atoms with Crippen molar-refractivity contribution in [2.45, 2.75) is 62.4 Å². The van der Waals surface area contributed by atoms with Gasteiger partial charge in [0.15, 0.2) is 23.4 Å². The fourth-order valence-corrected chi connectivity index (χ4v) is 6.21. The Labute approximate surface area is 260 Å². The maximum absolute atomic E-state index is 13.8. The highest BCUT2D eigenvalue weighted by Crippen LogP contribution is 2.52. The quantitative estimate of drug-likeness (QED) is 0.0983. The average molecular weight is 639 g/mol. The first kappa shape index (κ1) is 32.5. The summed E-state index contributed by atoms with van der Waals surface area (Å²) in [7, 11) is 1.29. The minimum Gasteiger partial charge on any atom is -0.507 e. The Bertz CT molecular complexity index is 1730. The Morgan fingerprint density at radius 3 is 2.50 bits per heavy atom. The molecule has 2 aliphatic carbocycles. The Morgan fingerprint density at radius 2 is 1.87 bits per heavy atom. The standard InChI is InChI=1S/C31H30N2O13/c1-12-25(36)16(33-10-13(9-32)30(41)42)6-20(45-12)46-18-8-31(43,19(35)11-34)7-15-22(18)29(40)24-23(27(15)38)26(37)14-4-3-5-17(44-2)21(14)28(24)39/h3-5,10,12,16,18,20,25,33-34,36,38,40,43H,6-8,11H2,1-2H3,(H,41,42)/t12?,16?,18-,20?,25?,31-/m0/s1. The van der Waals surface area contributed by atoms with Gasteiger partial charge in [-0.25, -0.2) is 4.79 Å². The van der Waals surface area contributed by atoms with Crippen molar-refractivity contribution in [2.75, 3.05) is 13.7 Å². The van der Waals surface area contributed by atoms with E-state index in [0.29, 0.717) is 0 Å². The van der Waals surface area contributed by atoms with E-state index in [2.05, 4.69) is 5.32 Å². The number of carboxylic acid groups (broad SMARTS) is 1. The number of rotatable bonds is 8. The van der Waals surface area contributed by atoms with E-state index in [-0.39, 0.29) is 34.4 Å². The molecule has 0 bridgehead atoms. The van der Waals surface area contributed by atoms with Gasteiger partial charge >= 0.3 is 5.97 Å².